The predicted octanol–water partition coefficient (Wildman–Crippen LogP) is 1.34. The van der Waals surface area contributed by atoms with E-state index >= 15 is 0 Å². The Hall–Kier alpha value is -0.340. The SMILES string of the molecule is CN(CCC(F)(F)F)S(=O)(=O)CC1CCCCN1. The Morgan fingerprint density at radius 3 is 2.50 bits per heavy atom. The first-order valence-corrected chi connectivity index (χ1v) is 7.56. The Morgan fingerprint density at radius 2 is 2.00 bits per heavy atom. The zero-order chi connectivity index (χ0) is 13.8. The standard InChI is InChI=1S/C10H19F3N2O2S/c1-15(7-5-10(11,12)13)18(16,17)8-9-4-2-3-6-14-9/h9,14H,2-8H2,1H3. The average Bonchev–Trinajstić information content (AvgIpc) is 2.25. The molecule has 0 spiro atoms. The molecular formula is C10H19F3N2O2S. The Morgan fingerprint density at radius 1 is 1.33 bits per heavy atom. The van der Waals surface area contributed by atoms with E-state index in [1.807, 2.05) is 0 Å². The lowest BCUT2D eigenvalue weighted by Gasteiger charge is -2.26. The summed E-state index contributed by atoms with van der Waals surface area (Å²) in [5, 5.41) is 3.07. The molecule has 1 heterocycles. The molecule has 1 saturated heterocycles. The Labute approximate surface area is 106 Å². The first kappa shape index (κ1) is 15.7. The maximum Gasteiger partial charge on any atom is 0.390 e. The van der Waals surface area contributed by atoms with Crippen LogP contribution in [-0.4, -0.2) is 50.8 Å². The van der Waals surface area contributed by atoms with Gasteiger partial charge in [-0.05, 0) is 19.4 Å². The number of hydrogen-bond acceptors (Lipinski definition) is 3. The van der Waals surface area contributed by atoms with Crippen LogP contribution in [0.3, 0.4) is 0 Å². The van der Waals surface area contributed by atoms with Gasteiger partial charge in [-0.25, -0.2) is 12.7 Å². The van der Waals surface area contributed by atoms with Gasteiger partial charge in [0.15, 0.2) is 0 Å². The van der Waals surface area contributed by atoms with Crippen molar-refractivity contribution in [3.63, 3.8) is 0 Å². The first-order valence-electron chi connectivity index (χ1n) is 5.95. The minimum absolute atomic E-state index is 0.124. The van der Waals surface area contributed by atoms with Gasteiger partial charge in [0.1, 0.15) is 0 Å². The molecule has 1 aliphatic heterocycles. The third-order valence-corrected chi connectivity index (χ3v) is 4.97. The summed E-state index contributed by atoms with van der Waals surface area (Å²) in [6.07, 6.45) is -2.71. The van der Waals surface area contributed by atoms with E-state index in [2.05, 4.69) is 5.32 Å². The number of halogens is 3. The van der Waals surface area contributed by atoms with Crippen LogP contribution in [0.5, 0.6) is 0 Å². The third-order valence-electron chi connectivity index (χ3n) is 3.01. The second-order valence-electron chi connectivity index (χ2n) is 4.61. The second kappa shape index (κ2) is 6.21. The van der Waals surface area contributed by atoms with Crippen molar-refractivity contribution in [2.75, 3.05) is 25.9 Å². The van der Waals surface area contributed by atoms with Crippen LogP contribution in [0.1, 0.15) is 25.7 Å². The molecule has 0 aromatic heterocycles. The largest absolute Gasteiger partial charge is 0.390 e. The number of sulfonamides is 1. The zero-order valence-electron chi connectivity index (χ0n) is 10.3. The van der Waals surface area contributed by atoms with Crippen molar-refractivity contribution in [2.45, 2.75) is 37.9 Å². The Balaban J connectivity index is 2.46. The summed E-state index contributed by atoms with van der Waals surface area (Å²) in [5.41, 5.74) is 0. The summed E-state index contributed by atoms with van der Waals surface area (Å²) in [7, 11) is -2.41. The minimum atomic E-state index is -4.33. The van der Waals surface area contributed by atoms with Crippen molar-refractivity contribution in [3.8, 4) is 0 Å². The van der Waals surface area contributed by atoms with Crippen LogP contribution in [0.2, 0.25) is 0 Å². The molecule has 0 bridgehead atoms. The van der Waals surface area contributed by atoms with Crippen LogP contribution in [-0.2, 0) is 10.0 Å². The monoisotopic (exact) mass is 288 g/mol. The highest BCUT2D eigenvalue weighted by atomic mass is 32.2. The summed E-state index contributed by atoms with van der Waals surface area (Å²) < 4.78 is 60.6. The molecule has 4 nitrogen and oxygen atoms in total. The number of nitrogens with zero attached hydrogens (tertiary/aromatic N) is 1. The van der Waals surface area contributed by atoms with E-state index in [1.165, 1.54) is 7.05 Å². The summed E-state index contributed by atoms with van der Waals surface area (Å²) >= 11 is 0. The van der Waals surface area contributed by atoms with Gasteiger partial charge in [-0.1, -0.05) is 6.42 Å². The number of alkyl halides is 3. The number of hydrogen-bond donors (Lipinski definition) is 1. The molecule has 0 amide bonds. The molecule has 1 aliphatic rings. The molecule has 108 valence electrons. The van der Waals surface area contributed by atoms with Crippen LogP contribution in [0.4, 0.5) is 13.2 Å². The normalized spacial score (nSPS) is 22.4. The zero-order valence-corrected chi connectivity index (χ0v) is 11.1. The number of nitrogens with one attached hydrogen (secondary N) is 1. The van der Waals surface area contributed by atoms with Crippen LogP contribution in [0.15, 0.2) is 0 Å². The van der Waals surface area contributed by atoms with Gasteiger partial charge in [-0.15, -0.1) is 0 Å². The average molecular weight is 288 g/mol. The van der Waals surface area contributed by atoms with Gasteiger partial charge in [-0.3, -0.25) is 0 Å². The lowest BCUT2D eigenvalue weighted by atomic mass is 10.1. The van der Waals surface area contributed by atoms with Gasteiger partial charge in [0.2, 0.25) is 10.0 Å². The Kier molecular flexibility index (Phi) is 5.42. The smallest absolute Gasteiger partial charge is 0.313 e. The van der Waals surface area contributed by atoms with E-state index in [0.29, 0.717) is 0 Å². The molecule has 8 heteroatoms. The highest BCUT2D eigenvalue weighted by Crippen LogP contribution is 2.20. The molecule has 1 unspecified atom stereocenters. The summed E-state index contributed by atoms with van der Waals surface area (Å²) in [4.78, 5) is 0. The molecule has 1 rings (SSSR count). The van der Waals surface area contributed by atoms with Gasteiger partial charge >= 0.3 is 6.18 Å². The molecule has 1 fully saturated rings. The van der Waals surface area contributed by atoms with Gasteiger partial charge in [0, 0.05) is 19.6 Å². The summed E-state index contributed by atoms with van der Waals surface area (Å²) in [6.45, 7) is 0.255. The van der Waals surface area contributed by atoms with Crippen LogP contribution in [0, 0.1) is 0 Å². The fraction of sp³-hybridized carbons (Fsp3) is 1.00. The predicted molar refractivity (Wildman–Crippen MR) is 62.7 cm³/mol. The van der Waals surface area contributed by atoms with Crippen molar-refractivity contribution >= 4 is 10.0 Å². The van der Waals surface area contributed by atoms with E-state index < -0.39 is 29.2 Å². The molecule has 0 aromatic rings. The van der Waals surface area contributed by atoms with Crippen molar-refractivity contribution in [2.24, 2.45) is 0 Å². The highest BCUT2D eigenvalue weighted by Gasteiger charge is 2.31. The molecule has 0 saturated carbocycles. The maximum absolute atomic E-state index is 12.0. The third kappa shape index (κ3) is 5.53. The van der Waals surface area contributed by atoms with E-state index in [9.17, 15) is 21.6 Å². The lowest BCUT2D eigenvalue weighted by Crippen LogP contribution is -2.43. The van der Waals surface area contributed by atoms with E-state index in [0.717, 1.165) is 30.1 Å². The molecule has 0 aliphatic carbocycles. The first-order chi connectivity index (χ1) is 8.21. The van der Waals surface area contributed by atoms with Gasteiger partial charge in [-0.2, -0.15) is 13.2 Å². The molecular weight excluding hydrogens is 269 g/mol. The lowest BCUT2D eigenvalue weighted by molar-refractivity contribution is -0.135. The van der Waals surface area contributed by atoms with Crippen LogP contribution < -0.4 is 5.32 Å². The highest BCUT2D eigenvalue weighted by molar-refractivity contribution is 7.89. The van der Waals surface area contributed by atoms with Crippen LogP contribution in [0.25, 0.3) is 0 Å². The van der Waals surface area contributed by atoms with Crippen LogP contribution >= 0.6 is 0 Å². The molecule has 18 heavy (non-hydrogen) atoms. The second-order valence-corrected chi connectivity index (χ2v) is 6.73. The van der Waals surface area contributed by atoms with E-state index in [4.69, 9.17) is 0 Å². The fourth-order valence-corrected chi connectivity index (χ4v) is 3.29. The minimum Gasteiger partial charge on any atom is -0.313 e. The molecule has 0 aromatic carbocycles. The van der Waals surface area contributed by atoms with Crippen molar-refractivity contribution in [3.05, 3.63) is 0 Å². The van der Waals surface area contributed by atoms with Crippen molar-refractivity contribution in [1.29, 1.82) is 0 Å². The van der Waals surface area contributed by atoms with E-state index in [-0.39, 0.29) is 11.8 Å². The Bertz CT molecular complexity index is 351. The van der Waals surface area contributed by atoms with Gasteiger partial charge < -0.3 is 5.32 Å². The summed E-state index contributed by atoms with van der Waals surface area (Å²) in [5.74, 6) is -0.124. The van der Waals surface area contributed by atoms with Crippen molar-refractivity contribution < 1.29 is 21.6 Å². The molecule has 1 atom stereocenters. The van der Waals surface area contributed by atoms with Gasteiger partial charge in [0.05, 0.1) is 12.2 Å². The van der Waals surface area contributed by atoms with Crippen molar-refractivity contribution in [1.82, 2.24) is 9.62 Å². The van der Waals surface area contributed by atoms with E-state index in [1.54, 1.807) is 0 Å². The number of rotatable bonds is 5. The summed E-state index contributed by atoms with van der Waals surface area (Å²) in [6, 6.07) is -0.142. The van der Waals surface area contributed by atoms with Gasteiger partial charge in [0.25, 0.3) is 0 Å². The topological polar surface area (TPSA) is 49.4 Å². The fourth-order valence-electron chi connectivity index (χ4n) is 1.87. The quantitative estimate of drug-likeness (QED) is 0.830. The molecule has 1 N–H and O–H groups in total. The maximum atomic E-state index is 12.0. The molecule has 0 radical (unpaired) electrons. The number of piperidine rings is 1.